The number of benzene rings is 1. The summed E-state index contributed by atoms with van der Waals surface area (Å²) < 4.78 is 17.0. The molecule has 0 unspecified atom stereocenters. The summed E-state index contributed by atoms with van der Waals surface area (Å²) in [5.41, 5.74) is 0. The minimum Gasteiger partial charge on any atom is -0.489 e. The largest absolute Gasteiger partial charge is 0.489 e. The number of carbonyl (C=O) groups is 2. The number of hydrogen-bond donors (Lipinski definition) is 0. The SMILES string of the molecule is CCCCCCCC(=O)Oc1cccc(OCC(C)C)c1OC(=O)CCCCCCC. The Balaban J connectivity index is 2.75. The van der Waals surface area contributed by atoms with Crippen molar-refractivity contribution in [3.63, 3.8) is 0 Å². The van der Waals surface area contributed by atoms with Crippen molar-refractivity contribution in [1.29, 1.82) is 0 Å². The zero-order chi connectivity index (χ0) is 22.9. The van der Waals surface area contributed by atoms with Crippen LogP contribution in [-0.4, -0.2) is 18.5 Å². The fourth-order valence-corrected chi connectivity index (χ4v) is 3.13. The summed E-state index contributed by atoms with van der Waals surface area (Å²) in [5.74, 6) is 0.571. The summed E-state index contributed by atoms with van der Waals surface area (Å²) in [7, 11) is 0. The Morgan fingerprint density at radius 1 is 0.742 bits per heavy atom. The Morgan fingerprint density at radius 3 is 1.81 bits per heavy atom. The molecular weight excluding hydrogens is 392 g/mol. The summed E-state index contributed by atoms with van der Waals surface area (Å²) in [5, 5.41) is 0. The highest BCUT2D eigenvalue weighted by Gasteiger charge is 2.19. The predicted molar refractivity (Wildman–Crippen MR) is 125 cm³/mol. The molecular formula is C26H42O5. The molecule has 5 nitrogen and oxygen atoms in total. The first-order valence-corrected chi connectivity index (χ1v) is 12.1. The van der Waals surface area contributed by atoms with Gasteiger partial charge in [0.15, 0.2) is 11.5 Å². The standard InChI is InChI=1S/C26H42O5/c1-5-7-9-11-13-18-24(27)30-23-17-15-16-22(29-20-21(3)4)26(23)31-25(28)19-14-12-10-8-6-2/h15-17,21H,5-14,18-20H2,1-4H3. The molecule has 31 heavy (non-hydrogen) atoms. The Morgan fingerprint density at radius 2 is 1.26 bits per heavy atom. The van der Waals surface area contributed by atoms with E-state index in [1.165, 1.54) is 25.7 Å². The third kappa shape index (κ3) is 12.4. The molecule has 1 rings (SSSR count). The van der Waals surface area contributed by atoms with Gasteiger partial charge in [0.1, 0.15) is 0 Å². The lowest BCUT2D eigenvalue weighted by atomic mass is 10.1. The zero-order valence-electron chi connectivity index (χ0n) is 20.0. The van der Waals surface area contributed by atoms with E-state index < -0.39 is 0 Å². The molecule has 0 aliphatic carbocycles. The third-order valence-corrected chi connectivity index (χ3v) is 4.92. The molecule has 0 aliphatic heterocycles. The van der Waals surface area contributed by atoms with Crippen molar-refractivity contribution in [2.24, 2.45) is 5.92 Å². The Kier molecular flexibility index (Phi) is 14.5. The van der Waals surface area contributed by atoms with Gasteiger partial charge in [0, 0.05) is 12.8 Å². The molecule has 0 saturated carbocycles. The van der Waals surface area contributed by atoms with Crippen LogP contribution in [-0.2, 0) is 9.59 Å². The van der Waals surface area contributed by atoms with Crippen molar-refractivity contribution in [3.8, 4) is 17.2 Å². The minimum absolute atomic E-state index is 0.209. The Bertz CT molecular complexity index is 639. The maximum Gasteiger partial charge on any atom is 0.311 e. The lowest BCUT2D eigenvalue weighted by molar-refractivity contribution is -0.137. The first-order valence-electron chi connectivity index (χ1n) is 12.1. The van der Waals surface area contributed by atoms with E-state index in [1.807, 2.05) is 13.8 Å². The van der Waals surface area contributed by atoms with Crippen LogP contribution < -0.4 is 14.2 Å². The lowest BCUT2D eigenvalue weighted by Crippen LogP contribution is -2.14. The summed E-state index contributed by atoms with van der Waals surface area (Å²) in [6.07, 6.45) is 11.3. The van der Waals surface area contributed by atoms with Crippen molar-refractivity contribution in [2.75, 3.05) is 6.61 Å². The molecule has 0 heterocycles. The van der Waals surface area contributed by atoms with Gasteiger partial charge >= 0.3 is 11.9 Å². The van der Waals surface area contributed by atoms with Gasteiger partial charge in [-0.15, -0.1) is 0 Å². The summed E-state index contributed by atoms with van der Waals surface area (Å²) in [6.45, 7) is 8.90. The number of unbranched alkanes of at least 4 members (excludes halogenated alkanes) is 8. The van der Waals surface area contributed by atoms with E-state index in [9.17, 15) is 9.59 Å². The van der Waals surface area contributed by atoms with Gasteiger partial charge in [-0.3, -0.25) is 9.59 Å². The van der Waals surface area contributed by atoms with E-state index in [2.05, 4.69) is 13.8 Å². The number of carbonyl (C=O) groups excluding carboxylic acids is 2. The lowest BCUT2D eigenvalue weighted by Gasteiger charge is -2.16. The first-order chi connectivity index (χ1) is 15.0. The van der Waals surface area contributed by atoms with Crippen LogP contribution in [0.5, 0.6) is 17.2 Å². The molecule has 5 heteroatoms. The number of hydrogen-bond acceptors (Lipinski definition) is 5. The van der Waals surface area contributed by atoms with Crippen LogP contribution in [0.4, 0.5) is 0 Å². The van der Waals surface area contributed by atoms with Crippen LogP contribution >= 0.6 is 0 Å². The highest BCUT2D eigenvalue weighted by Crippen LogP contribution is 2.38. The molecule has 0 spiro atoms. The molecule has 1 aromatic rings. The van der Waals surface area contributed by atoms with Crippen LogP contribution in [0.1, 0.15) is 105 Å². The van der Waals surface area contributed by atoms with E-state index in [0.717, 1.165) is 38.5 Å². The van der Waals surface area contributed by atoms with Crippen molar-refractivity contribution >= 4 is 11.9 Å². The number of esters is 2. The number of ether oxygens (including phenoxy) is 3. The maximum absolute atomic E-state index is 12.4. The fraction of sp³-hybridized carbons (Fsp3) is 0.692. The molecule has 0 N–H and O–H groups in total. The molecule has 0 atom stereocenters. The highest BCUT2D eigenvalue weighted by molar-refractivity contribution is 5.77. The average Bonchev–Trinajstić information content (AvgIpc) is 2.73. The van der Waals surface area contributed by atoms with Crippen molar-refractivity contribution in [3.05, 3.63) is 18.2 Å². The fourth-order valence-electron chi connectivity index (χ4n) is 3.13. The van der Waals surface area contributed by atoms with Gasteiger partial charge in [0.05, 0.1) is 6.61 Å². The highest BCUT2D eigenvalue weighted by atomic mass is 16.6. The van der Waals surface area contributed by atoms with Crippen molar-refractivity contribution in [1.82, 2.24) is 0 Å². The second-order valence-corrected chi connectivity index (χ2v) is 8.56. The van der Waals surface area contributed by atoms with Gasteiger partial charge in [-0.05, 0) is 30.9 Å². The van der Waals surface area contributed by atoms with Crippen molar-refractivity contribution in [2.45, 2.75) is 105 Å². The summed E-state index contributed by atoms with van der Waals surface area (Å²) >= 11 is 0. The second kappa shape index (κ2) is 16.6. The van der Waals surface area contributed by atoms with Gasteiger partial charge < -0.3 is 14.2 Å². The van der Waals surface area contributed by atoms with Crippen LogP contribution in [0.15, 0.2) is 18.2 Å². The van der Waals surface area contributed by atoms with Crippen LogP contribution in [0.3, 0.4) is 0 Å². The molecule has 0 saturated heterocycles. The monoisotopic (exact) mass is 434 g/mol. The summed E-state index contributed by atoms with van der Waals surface area (Å²) in [4.78, 5) is 24.8. The first kappa shape index (κ1) is 27.0. The van der Waals surface area contributed by atoms with Gasteiger partial charge in [-0.1, -0.05) is 85.1 Å². The Hall–Kier alpha value is -2.04. The predicted octanol–water partition coefficient (Wildman–Crippen LogP) is 7.25. The van der Waals surface area contributed by atoms with Crippen LogP contribution in [0.25, 0.3) is 0 Å². The van der Waals surface area contributed by atoms with Crippen LogP contribution in [0, 0.1) is 5.92 Å². The van der Waals surface area contributed by atoms with E-state index in [1.54, 1.807) is 18.2 Å². The molecule has 0 radical (unpaired) electrons. The summed E-state index contributed by atoms with van der Waals surface area (Å²) in [6, 6.07) is 5.15. The molecule has 176 valence electrons. The average molecular weight is 435 g/mol. The zero-order valence-corrected chi connectivity index (χ0v) is 20.0. The maximum atomic E-state index is 12.4. The topological polar surface area (TPSA) is 61.8 Å². The third-order valence-electron chi connectivity index (χ3n) is 4.92. The van der Waals surface area contributed by atoms with Crippen LogP contribution in [0.2, 0.25) is 0 Å². The van der Waals surface area contributed by atoms with Gasteiger partial charge in [0.25, 0.3) is 0 Å². The van der Waals surface area contributed by atoms with E-state index in [4.69, 9.17) is 14.2 Å². The van der Waals surface area contributed by atoms with E-state index >= 15 is 0 Å². The molecule has 0 fully saturated rings. The van der Waals surface area contributed by atoms with Gasteiger partial charge in [0.2, 0.25) is 5.75 Å². The molecule has 0 bridgehead atoms. The quantitative estimate of drug-likeness (QED) is 0.147. The molecule has 0 aliphatic rings. The van der Waals surface area contributed by atoms with E-state index in [0.29, 0.717) is 31.1 Å². The smallest absolute Gasteiger partial charge is 0.311 e. The second-order valence-electron chi connectivity index (χ2n) is 8.56. The van der Waals surface area contributed by atoms with E-state index in [-0.39, 0.29) is 23.4 Å². The normalized spacial score (nSPS) is 10.9. The van der Waals surface area contributed by atoms with Gasteiger partial charge in [-0.25, -0.2) is 0 Å². The molecule has 0 aromatic heterocycles. The minimum atomic E-state index is -0.325. The molecule has 0 amide bonds. The van der Waals surface area contributed by atoms with Crippen molar-refractivity contribution < 1.29 is 23.8 Å². The van der Waals surface area contributed by atoms with Gasteiger partial charge in [-0.2, -0.15) is 0 Å². The number of rotatable bonds is 17. The Labute approximate surface area is 188 Å². The molecule has 1 aromatic carbocycles. The number of para-hydroxylation sites is 1.